The second-order valence-electron chi connectivity index (χ2n) is 9.80. The van der Waals surface area contributed by atoms with Crippen LogP contribution in [0.1, 0.15) is 40.9 Å². The number of aliphatic hydroxyl groups excluding tert-OH is 1. The number of aromatic nitrogens is 2. The summed E-state index contributed by atoms with van der Waals surface area (Å²) >= 11 is 0. The average molecular weight is 515 g/mol. The van der Waals surface area contributed by atoms with Crippen LogP contribution in [0.4, 0.5) is 0 Å². The van der Waals surface area contributed by atoms with Crippen molar-refractivity contribution in [1.82, 2.24) is 19.8 Å². The third-order valence-electron chi connectivity index (χ3n) is 6.77. The number of nitrogens with zero attached hydrogens (tertiary/aromatic N) is 4. The largest absolute Gasteiger partial charge is 0.472 e. The monoisotopic (exact) mass is 514 g/mol. The van der Waals surface area contributed by atoms with Crippen molar-refractivity contribution in [2.45, 2.75) is 32.4 Å². The van der Waals surface area contributed by atoms with Crippen molar-refractivity contribution in [3.63, 3.8) is 0 Å². The first kappa shape index (κ1) is 27.0. The second-order valence-corrected chi connectivity index (χ2v) is 9.80. The Morgan fingerprint density at radius 3 is 2.66 bits per heavy atom. The molecule has 0 unspecified atom stereocenters. The summed E-state index contributed by atoms with van der Waals surface area (Å²) in [5, 5.41) is 9.88. The van der Waals surface area contributed by atoms with Gasteiger partial charge in [-0.05, 0) is 35.7 Å². The number of aliphatic hydroxyl groups is 1. The summed E-state index contributed by atoms with van der Waals surface area (Å²) in [6.45, 7) is 4.34. The molecule has 2 aromatic heterocycles. The number of likely N-dealkylation sites (N-methyl/N-ethyl adjacent to an activating group) is 1. The van der Waals surface area contributed by atoms with Gasteiger partial charge >= 0.3 is 0 Å². The predicted molar refractivity (Wildman–Crippen MR) is 146 cm³/mol. The number of ether oxygens (including phenoxy) is 1. The van der Waals surface area contributed by atoms with E-state index < -0.39 is 6.10 Å². The van der Waals surface area contributed by atoms with Crippen molar-refractivity contribution in [2.24, 2.45) is 5.92 Å². The van der Waals surface area contributed by atoms with E-state index in [0.717, 1.165) is 16.7 Å². The molecule has 1 aliphatic heterocycles. The van der Waals surface area contributed by atoms with E-state index in [1.54, 1.807) is 41.5 Å². The molecule has 0 aliphatic carbocycles. The molecular formula is C30H34N4O4. The van der Waals surface area contributed by atoms with Gasteiger partial charge in [0.2, 0.25) is 11.8 Å². The van der Waals surface area contributed by atoms with Crippen LogP contribution >= 0.6 is 0 Å². The van der Waals surface area contributed by atoms with Gasteiger partial charge in [-0.3, -0.25) is 14.6 Å². The summed E-state index contributed by atoms with van der Waals surface area (Å²) in [6, 6.07) is 14.9. The first-order chi connectivity index (χ1) is 18.4. The summed E-state index contributed by atoms with van der Waals surface area (Å²) in [7, 11) is 1.75. The van der Waals surface area contributed by atoms with E-state index in [1.165, 1.54) is 0 Å². The molecule has 3 heterocycles. The van der Waals surface area contributed by atoms with Crippen LogP contribution in [0.25, 0.3) is 12.2 Å². The van der Waals surface area contributed by atoms with Crippen molar-refractivity contribution < 1.29 is 19.4 Å². The molecule has 1 N–H and O–H groups in total. The summed E-state index contributed by atoms with van der Waals surface area (Å²) in [5.41, 5.74) is 2.97. The first-order valence-electron chi connectivity index (χ1n) is 12.8. The number of hydrogen-bond acceptors (Lipinski definition) is 6. The van der Waals surface area contributed by atoms with E-state index in [1.807, 2.05) is 68.5 Å². The Kier molecular flexibility index (Phi) is 8.86. The molecule has 2 amide bonds. The zero-order valence-corrected chi connectivity index (χ0v) is 22.0. The Hall–Kier alpha value is -4.04. The molecule has 8 nitrogen and oxygen atoms in total. The fraction of sp³-hybridized carbons (Fsp3) is 0.333. The van der Waals surface area contributed by atoms with Crippen molar-refractivity contribution in [2.75, 3.05) is 26.7 Å². The average Bonchev–Trinajstić information content (AvgIpc) is 2.94. The summed E-state index contributed by atoms with van der Waals surface area (Å²) in [5.74, 6) is -0.182. The lowest BCUT2D eigenvalue weighted by Gasteiger charge is -2.37. The Morgan fingerprint density at radius 1 is 1.18 bits per heavy atom. The minimum atomic E-state index is -0.406. The van der Waals surface area contributed by atoms with Crippen molar-refractivity contribution in [3.8, 4) is 5.88 Å². The number of benzene rings is 1. The molecule has 1 aliphatic rings. The summed E-state index contributed by atoms with van der Waals surface area (Å²) in [6.07, 6.45) is 8.73. The van der Waals surface area contributed by atoms with E-state index >= 15 is 0 Å². The van der Waals surface area contributed by atoms with Crippen LogP contribution < -0.4 is 4.74 Å². The van der Waals surface area contributed by atoms with Gasteiger partial charge in [-0.15, -0.1) is 0 Å². The lowest BCUT2D eigenvalue weighted by Crippen LogP contribution is -2.50. The van der Waals surface area contributed by atoms with Crippen molar-refractivity contribution in [1.29, 1.82) is 0 Å². The first-order valence-corrected chi connectivity index (χ1v) is 12.8. The lowest BCUT2D eigenvalue weighted by atomic mass is 9.99. The smallest absolute Gasteiger partial charge is 0.259 e. The maximum Gasteiger partial charge on any atom is 0.259 e. The molecule has 4 rings (SSSR count). The van der Waals surface area contributed by atoms with E-state index in [9.17, 15) is 14.7 Å². The van der Waals surface area contributed by atoms with Crippen LogP contribution in [0.2, 0.25) is 0 Å². The molecule has 0 fully saturated rings. The zero-order chi connectivity index (χ0) is 27.1. The van der Waals surface area contributed by atoms with Gasteiger partial charge in [-0.25, -0.2) is 4.98 Å². The standard InChI is InChI=1S/C30H34N4O4/c1-21-18-34(22(2)20-35)30(37)26-14-25(12-11-23-8-5-4-6-9-23)17-32-29(26)38-27(21)19-33(3)28(36)15-24-10-7-13-31-16-24/h4-14,16-17,21-22,27,35H,15,18-20H2,1-3H3/t21-,22-,27+/m0/s1. The third-order valence-corrected chi connectivity index (χ3v) is 6.77. The van der Waals surface area contributed by atoms with Gasteiger partial charge < -0.3 is 19.6 Å². The number of carbonyl (C=O) groups excluding carboxylic acids is 2. The Balaban J connectivity index is 1.59. The van der Waals surface area contributed by atoms with Crippen LogP contribution in [0.15, 0.2) is 67.1 Å². The van der Waals surface area contributed by atoms with Crippen molar-refractivity contribution in [3.05, 3.63) is 89.4 Å². The minimum Gasteiger partial charge on any atom is -0.472 e. The predicted octanol–water partition coefficient (Wildman–Crippen LogP) is 3.57. The zero-order valence-electron chi connectivity index (χ0n) is 22.0. The number of hydrogen-bond donors (Lipinski definition) is 1. The van der Waals surface area contributed by atoms with Crippen LogP contribution in [0, 0.1) is 5.92 Å². The van der Waals surface area contributed by atoms with Gasteiger partial charge in [0.05, 0.1) is 25.6 Å². The molecule has 3 aromatic rings. The number of amides is 2. The fourth-order valence-corrected chi connectivity index (χ4v) is 4.37. The maximum atomic E-state index is 13.6. The lowest BCUT2D eigenvalue weighted by molar-refractivity contribution is -0.130. The SMILES string of the molecule is C[C@H]1CN([C@@H](C)CO)C(=O)c2cc(C=Cc3ccccc3)cnc2O[C@@H]1CN(C)C(=O)Cc1cccnc1. The van der Waals surface area contributed by atoms with Gasteiger partial charge in [0.25, 0.3) is 5.91 Å². The van der Waals surface area contributed by atoms with Crippen molar-refractivity contribution >= 4 is 24.0 Å². The number of fused-ring (bicyclic) bond motifs is 1. The number of pyridine rings is 2. The minimum absolute atomic E-state index is 0.0536. The van der Waals surface area contributed by atoms with Crippen LogP contribution in [-0.2, 0) is 11.2 Å². The highest BCUT2D eigenvalue weighted by atomic mass is 16.5. The fourth-order valence-electron chi connectivity index (χ4n) is 4.37. The molecule has 0 saturated carbocycles. The molecule has 1 aromatic carbocycles. The Labute approximate surface area is 223 Å². The van der Waals surface area contributed by atoms with E-state index in [-0.39, 0.29) is 42.7 Å². The molecule has 3 atom stereocenters. The van der Waals surface area contributed by atoms with Crippen LogP contribution in [0.3, 0.4) is 0 Å². The van der Waals surface area contributed by atoms with Gasteiger partial charge in [0.15, 0.2) is 0 Å². The molecule has 0 spiro atoms. The second kappa shape index (κ2) is 12.5. The molecule has 0 radical (unpaired) electrons. The Morgan fingerprint density at radius 2 is 1.95 bits per heavy atom. The van der Waals surface area contributed by atoms with E-state index in [2.05, 4.69) is 9.97 Å². The van der Waals surface area contributed by atoms with Gasteiger partial charge in [-0.2, -0.15) is 0 Å². The van der Waals surface area contributed by atoms with Gasteiger partial charge in [-0.1, -0.05) is 55.5 Å². The highest BCUT2D eigenvalue weighted by Gasteiger charge is 2.34. The van der Waals surface area contributed by atoms with Crippen LogP contribution in [0.5, 0.6) is 5.88 Å². The molecule has 8 heteroatoms. The maximum absolute atomic E-state index is 13.6. The molecular weight excluding hydrogens is 480 g/mol. The number of rotatable bonds is 8. The molecule has 198 valence electrons. The summed E-state index contributed by atoms with van der Waals surface area (Å²) in [4.78, 5) is 38.4. The molecule has 0 saturated heterocycles. The third kappa shape index (κ3) is 6.63. The summed E-state index contributed by atoms with van der Waals surface area (Å²) < 4.78 is 6.32. The highest BCUT2D eigenvalue weighted by molar-refractivity contribution is 5.97. The normalized spacial score (nSPS) is 18.3. The molecule has 38 heavy (non-hydrogen) atoms. The molecule has 0 bridgehead atoms. The van der Waals surface area contributed by atoms with Crippen LogP contribution in [-0.4, -0.2) is 75.6 Å². The topological polar surface area (TPSA) is 95.9 Å². The Bertz CT molecular complexity index is 1270. The van der Waals surface area contributed by atoms with Gasteiger partial charge in [0.1, 0.15) is 11.7 Å². The van der Waals surface area contributed by atoms with E-state index in [0.29, 0.717) is 18.7 Å². The van der Waals surface area contributed by atoms with E-state index in [4.69, 9.17) is 4.74 Å². The highest BCUT2D eigenvalue weighted by Crippen LogP contribution is 2.28. The number of carbonyl (C=O) groups is 2. The van der Waals surface area contributed by atoms with Gasteiger partial charge in [0, 0.05) is 38.1 Å². The quantitative estimate of drug-likeness (QED) is 0.494.